The van der Waals surface area contributed by atoms with E-state index >= 15 is 0 Å². The van der Waals surface area contributed by atoms with Crippen molar-refractivity contribution < 1.29 is 9.47 Å². The normalized spacial score (nSPS) is 10.5. The number of ether oxygens (including phenoxy) is 2. The Labute approximate surface area is 114 Å². The number of benzene rings is 2. The molecule has 0 saturated heterocycles. The highest BCUT2D eigenvalue weighted by molar-refractivity contribution is 5.55. The predicted molar refractivity (Wildman–Crippen MR) is 77.4 cm³/mol. The molecule has 2 aromatic rings. The van der Waals surface area contributed by atoms with Crippen LogP contribution in [0.15, 0.2) is 48.5 Å². The van der Waals surface area contributed by atoms with Crippen LogP contribution in [0.2, 0.25) is 0 Å². The largest absolute Gasteiger partial charge is 0.489 e. The summed E-state index contributed by atoms with van der Waals surface area (Å²) in [5, 5.41) is 0. The fraction of sp³-hybridized carbons (Fsp3) is 0.250. The maximum Gasteiger partial charge on any atom is 0.146 e. The van der Waals surface area contributed by atoms with Gasteiger partial charge in [0, 0.05) is 6.07 Å². The van der Waals surface area contributed by atoms with E-state index < -0.39 is 0 Å². The van der Waals surface area contributed by atoms with Crippen molar-refractivity contribution in [1.29, 1.82) is 0 Å². The van der Waals surface area contributed by atoms with Crippen molar-refractivity contribution in [2.45, 2.75) is 26.6 Å². The van der Waals surface area contributed by atoms with E-state index in [0.717, 1.165) is 11.3 Å². The second-order valence-corrected chi connectivity index (χ2v) is 4.64. The first-order valence-electron chi connectivity index (χ1n) is 6.38. The lowest BCUT2D eigenvalue weighted by Gasteiger charge is -2.14. The highest BCUT2D eigenvalue weighted by Gasteiger charge is 2.05. The first-order valence-corrected chi connectivity index (χ1v) is 6.38. The Morgan fingerprint density at radius 3 is 2.47 bits per heavy atom. The molecule has 0 saturated carbocycles. The molecule has 0 bridgehead atoms. The summed E-state index contributed by atoms with van der Waals surface area (Å²) in [5.41, 5.74) is 7.62. The minimum atomic E-state index is 0.0895. The number of nitrogens with two attached hydrogens (primary N) is 1. The molecule has 0 unspecified atom stereocenters. The predicted octanol–water partition coefficient (Wildman–Crippen LogP) is 3.64. The lowest BCUT2D eigenvalue weighted by molar-refractivity contribution is 0.241. The average Bonchev–Trinajstić information content (AvgIpc) is 2.40. The van der Waals surface area contributed by atoms with Gasteiger partial charge in [-0.15, -0.1) is 0 Å². The molecule has 0 aromatic heterocycles. The number of nitrogen functional groups attached to an aromatic ring is 1. The first kappa shape index (κ1) is 13.3. The fourth-order valence-corrected chi connectivity index (χ4v) is 1.70. The zero-order valence-electron chi connectivity index (χ0n) is 11.3. The molecule has 3 heteroatoms. The van der Waals surface area contributed by atoms with Crippen LogP contribution in [0.4, 0.5) is 5.69 Å². The fourth-order valence-electron chi connectivity index (χ4n) is 1.70. The Morgan fingerprint density at radius 1 is 1.05 bits per heavy atom. The number of hydrogen-bond donors (Lipinski definition) is 1. The third kappa shape index (κ3) is 3.91. The van der Waals surface area contributed by atoms with Gasteiger partial charge in [0.15, 0.2) is 0 Å². The molecule has 0 aliphatic rings. The van der Waals surface area contributed by atoms with Crippen LogP contribution in [0.3, 0.4) is 0 Å². The Balaban J connectivity index is 2.04. The second-order valence-electron chi connectivity index (χ2n) is 4.64. The van der Waals surface area contributed by atoms with Gasteiger partial charge in [-0.2, -0.15) is 0 Å². The van der Waals surface area contributed by atoms with E-state index in [0.29, 0.717) is 18.0 Å². The highest BCUT2D eigenvalue weighted by Crippen LogP contribution is 2.28. The van der Waals surface area contributed by atoms with Crippen LogP contribution in [0, 0.1) is 0 Å². The van der Waals surface area contributed by atoms with Crippen LogP contribution in [-0.4, -0.2) is 6.10 Å². The summed E-state index contributed by atoms with van der Waals surface area (Å²) in [6.45, 7) is 4.47. The first-order chi connectivity index (χ1) is 9.15. The minimum absolute atomic E-state index is 0.0895. The topological polar surface area (TPSA) is 44.5 Å². The van der Waals surface area contributed by atoms with Gasteiger partial charge in [-0.05, 0) is 31.5 Å². The second kappa shape index (κ2) is 6.14. The molecule has 0 amide bonds. The van der Waals surface area contributed by atoms with Gasteiger partial charge < -0.3 is 15.2 Å². The van der Waals surface area contributed by atoms with E-state index in [1.54, 1.807) is 6.07 Å². The monoisotopic (exact) mass is 257 g/mol. The third-order valence-electron chi connectivity index (χ3n) is 2.60. The summed E-state index contributed by atoms with van der Waals surface area (Å²) in [4.78, 5) is 0. The van der Waals surface area contributed by atoms with Gasteiger partial charge >= 0.3 is 0 Å². The van der Waals surface area contributed by atoms with Crippen LogP contribution in [-0.2, 0) is 6.61 Å². The Kier molecular flexibility index (Phi) is 4.29. The van der Waals surface area contributed by atoms with E-state index in [-0.39, 0.29) is 6.10 Å². The summed E-state index contributed by atoms with van der Waals surface area (Å²) in [7, 11) is 0. The van der Waals surface area contributed by atoms with E-state index in [4.69, 9.17) is 15.2 Å². The van der Waals surface area contributed by atoms with Crippen molar-refractivity contribution in [3.8, 4) is 11.5 Å². The van der Waals surface area contributed by atoms with Gasteiger partial charge in [-0.25, -0.2) is 0 Å². The van der Waals surface area contributed by atoms with Crippen molar-refractivity contribution in [2.75, 3.05) is 5.73 Å². The Morgan fingerprint density at radius 2 is 1.79 bits per heavy atom. The minimum Gasteiger partial charge on any atom is -0.489 e. The molecule has 2 rings (SSSR count). The summed E-state index contributed by atoms with van der Waals surface area (Å²) in [5.74, 6) is 1.43. The smallest absolute Gasteiger partial charge is 0.146 e. The summed E-state index contributed by atoms with van der Waals surface area (Å²) in [6.07, 6.45) is 0.0895. The van der Waals surface area contributed by atoms with Crippen molar-refractivity contribution in [1.82, 2.24) is 0 Å². The van der Waals surface area contributed by atoms with Crippen LogP contribution in [0.1, 0.15) is 19.4 Å². The maximum atomic E-state index is 5.86. The van der Waals surface area contributed by atoms with Crippen molar-refractivity contribution in [3.63, 3.8) is 0 Å². The summed E-state index contributed by atoms with van der Waals surface area (Å²) < 4.78 is 11.4. The molecule has 0 aliphatic carbocycles. The van der Waals surface area contributed by atoms with Crippen LogP contribution in [0.25, 0.3) is 0 Å². The van der Waals surface area contributed by atoms with Crippen LogP contribution in [0.5, 0.6) is 11.5 Å². The molecule has 19 heavy (non-hydrogen) atoms. The molecular weight excluding hydrogens is 238 g/mol. The zero-order valence-corrected chi connectivity index (χ0v) is 11.3. The standard InChI is InChI=1S/C16H19NO2/c1-12(2)19-16-10-14(8-9-15(16)17)18-11-13-6-4-3-5-7-13/h3-10,12H,11,17H2,1-2H3. The summed E-state index contributed by atoms with van der Waals surface area (Å²) >= 11 is 0. The molecule has 0 radical (unpaired) electrons. The van der Waals surface area contributed by atoms with Crippen molar-refractivity contribution >= 4 is 5.69 Å². The van der Waals surface area contributed by atoms with Crippen LogP contribution >= 0.6 is 0 Å². The Bertz CT molecular complexity index is 524. The molecule has 0 heterocycles. The zero-order chi connectivity index (χ0) is 13.7. The van der Waals surface area contributed by atoms with E-state index in [1.807, 2.05) is 56.3 Å². The number of rotatable bonds is 5. The van der Waals surface area contributed by atoms with Crippen molar-refractivity contribution in [2.24, 2.45) is 0 Å². The molecule has 0 aliphatic heterocycles. The SMILES string of the molecule is CC(C)Oc1cc(OCc2ccccc2)ccc1N. The van der Waals surface area contributed by atoms with Gasteiger partial charge in [0.25, 0.3) is 0 Å². The van der Waals surface area contributed by atoms with Crippen LogP contribution < -0.4 is 15.2 Å². The lowest BCUT2D eigenvalue weighted by Crippen LogP contribution is -2.07. The number of hydrogen-bond acceptors (Lipinski definition) is 3. The van der Waals surface area contributed by atoms with E-state index in [2.05, 4.69) is 0 Å². The van der Waals surface area contributed by atoms with E-state index in [1.165, 1.54) is 0 Å². The molecule has 0 atom stereocenters. The third-order valence-corrected chi connectivity index (χ3v) is 2.60. The van der Waals surface area contributed by atoms with Crippen molar-refractivity contribution in [3.05, 3.63) is 54.1 Å². The lowest BCUT2D eigenvalue weighted by atomic mass is 10.2. The Hall–Kier alpha value is -2.16. The molecule has 2 aromatic carbocycles. The van der Waals surface area contributed by atoms with E-state index in [9.17, 15) is 0 Å². The van der Waals surface area contributed by atoms with Gasteiger partial charge in [0.2, 0.25) is 0 Å². The van der Waals surface area contributed by atoms with Gasteiger partial charge in [0.1, 0.15) is 18.1 Å². The quantitative estimate of drug-likeness (QED) is 0.832. The van der Waals surface area contributed by atoms with Gasteiger partial charge in [-0.3, -0.25) is 0 Å². The molecule has 3 nitrogen and oxygen atoms in total. The number of anilines is 1. The average molecular weight is 257 g/mol. The molecule has 0 fully saturated rings. The molecule has 2 N–H and O–H groups in total. The summed E-state index contributed by atoms with van der Waals surface area (Å²) in [6, 6.07) is 15.5. The highest BCUT2D eigenvalue weighted by atomic mass is 16.5. The molecular formula is C16H19NO2. The molecule has 0 spiro atoms. The van der Waals surface area contributed by atoms with Gasteiger partial charge in [-0.1, -0.05) is 30.3 Å². The maximum absolute atomic E-state index is 5.86. The van der Waals surface area contributed by atoms with Gasteiger partial charge in [0.05, 0.1) is 11.8 Å². The molecule has 100 valence electrons.